The summed E-state index contributed by atoms with van der Waals surface area (Å²) in [7, 11) is 0. The first-order chi connectivity index (χ1) is 8.31. The zero-order valence-electron chi connectivity index (χ0n) is 10.0. The molecule has 0 nitrogen and oxygen atoms in total. The van der Waals surface area contributed by atoms with Crippen molar-refractivity contribution in [2.75, 3.05) is 0 Å². The number of benzene rings is 2. The summed E-state index contributed by atoms with van der Waals surface area (Å²) in [4.78, 5) is 1.31. The van der Waals surface area contributed by atoms with Gasteiger partial charge >= 0.3 is 0 Å². The monoisotopic (exact) mass is 240 g/mol. The van der Waals surface area contributed by atoms with E-state index >= 15 is 0 Å². The molecule has 0 saturated carbocycles. The summed E-state index contributed by atoms with van der Waals surface area (Å²) in [5.41, 5.74) is 3.97. The van der Waals surface area contributed by atoms with Crippen LogP contribution < -0.4 is 0 Å². The third-order valence-electron chi connectivity index (χ3n) is 2.79. The van der Waals surface area contributed by atoms with E-state index in [0.717, 1.165) is 5.75 Å². The Bertz CT molecular complexity index is 500. The van der Waals surface area contributed by atoms with Crippen molar-refractivity contribution in [2.24, 2.45) is 0 Å². The molecule has 0 radical (unpaired) electrons. The van der Waals surface area contributed by atoms with Crippen LogP contribution in [0.15, 0.2) is 60.0 Å². The molecule has 2 aromatic carbocycles. The summed E-state index contributed by atoms with van der Waals surface area (Å²) in [6.45, 7) is 6.04. The molecule has 2 rings (SSSR count). The molecule has 0 aliphatic rings. The summed E-state index contributed by atoms with van der Waals surface area (Å²) in [6.07, 6.45) is 1.94. The van der Waals surface area contributed by atoms with E-state index in [2.05, 4.69) is 56.0 Å². The van der Waals surface area contributed by atoms with E-state index in [4.69, 9.17) is 0 Å². The zero-order valence-corrected chi connectivity index (χ0v) is 10.8. The van der Waals surface area contributed by atoms with E-state index in [1.165, 1.54) is 21.6 Å². The van der Waals surface area contributed by atoms with Crippen LogP contribution in [0.2, 0.25) is 0 Å². The van der Waals surface area contributed by atoms with Crippen molar-refractivity contribution in [3.8, 4) is 0 Å². The highest BCUT2D eigenvalue weighted by molar-refractivity contribution is 7.98. The zero-order chi connectivity index (χ0) is 12.1. The maximum atomic E-state index is 3.88. The summed E-state index contributed by atoms with van der Waals surface area (Å²) in [5, 5.41) is 0. The predicted octanol–water partition coefficient (Wildman–Crippen LogP) is 4.93. The average molecular weight is 240 g/mol. The first-order valence-electron chi connectivity index (χ1n) is 5.70. The fraction of sp³-hybridized carbons (Fsp3) is 0.125. The Morgan fingerprint density at radius 1 is 1.06 bits per heavy atom. The van der Waals surface area contributed by atoms with Crippen molar-refractivity contribution < 1.29 is 0 Å². The van der Waals surface area contributed by atoms with Gasteiger partial charge in [0.2, 0.25) is 0 Å². The standard InChI is InChI=1S/C16H16S/c1-3-14-9-7-8-13(2)16(14)12-17-15-10-5-4-6-11-15/h3-11H,1,12H2,2H3. The van der Waals surface area contributed by atoms with Gasteiger partial charge in [0.15, 0.2) is 0 Å². The molecular weight excluding hydrogens is 224 g/mol. The second-order valence-corrected chi connectivity index (χ2v) is 5.00. The largest absolute Gasteiger partial charge is 0.121 e. The average Bonchev–Trinajstić information content (AvgIpc) is 2.38. The van der Waals surface area contributed by atoms with E-state index in [9.17, 15) is 0 Å². The van der Waals surface area contributed by atoms with Crippen LogP contribution in [0.3, 0.4) is 0 Å². The molecule has 0 aliphatic heterocycles. The summed E-state index contributed by atoms with van der Waals surface area (Å²) < 4.78 is 0. The third-order valence-corrected chi connectivity index (χ3v) is 3.83. The first-order valence-corrected chi connectivity index (χ1v) is 6.68. The molecule has 0 aliphatic carbocycles. The summed E-state index contributed by atoms with van der Waals surface area (Å²) >= 11 is 1.87. The fourth-order valence-corrected chi connectivity index (χ4v) is 2.84. The number of hydrogen-bond donors (Lipinski definition) is 0. The lowest BCUT2D eigenvalue weighted by molar-refractivity contribution is 1.29. The van der Waals surface area contributed by atoms with Crippen LogP contribution >= 0.6 is 11.8 Å². The van der Waals surface area contributed by atoms with Gasteiger partial charge in [-0.15, -0.1) is 11.8 Å². The molecule has 0 saturated heterocycles. The van der Waals surface area contributed by atoms with Gasteiger partial charge in [-0.1, -0.05) is 49.1 Å². The Morgan fingerprint density at radius 2 is 1.82 bits per heavy atom. The van der Waals surface area contributed by atoms with Crippen LogP contribution in [0, 0.1) is 6.92 Å². The van der Waals surface area contributed by atoms with Crippen molar-refractivity contribution >= 4 is 17.8 Å². The van der Waals surface area contributed by atoms with Crippen LogP contribution in [0.25, 0.3) is 6.08 Å². The predicted molar refractivity (Wildman–Crippen MR) is 77.3 cm³/mol. The lowest BCUT2D eigenvalue weighted by atomic mass is 10.0. The minimum atomic E-state index is 0.998. The van der Waals surface area contributed by atoms with Crippen molar-refractivity contribution in [3.63, 3.8) is 0 Å². The molecule has 0 aromatic heterocycles. The van der Waals surface area contributed by atoms with Gasteiger partial charge in [0, 0.05) is 10.6 Å². The highest BCUT2D eigenvalue weighted by atomic mass is 32.2. The van der Waals surface area contributed by atoms with E-state index in [0.29, 0.717) is 0 Å². The van der Waals surface area contributed by atoms with Gasteiger partial charge in [-0.2, -0.15) is 0 Å². The first kappa shape index (κ1) is 12.0. The summed E-state index contributed by atoms with van der Waals surface area (Å²) in [6, 6.07) is 16.9. The molecule has 1 heteroatoms. The highest BCUT2D eigenvalue weighted by Crippen LogP contribution is 2.26. The van der Waals surface area contributed by atoms with Gasteiger partial charge in [0.05, 0.1) is 0 Å². The molecule has 0 spiro atoms. The molecule has 86 valence electrons. The molecular formula is C16H16S. The quantitative estimate of drug-likeness (QED) is 0.683. The normalized spacial score (nSPS) is 10.2. The molecule has 0 bridgehead atoms. The Hall–Kier alpha value is -1.47. The molecule has 0 N–H and O–H groups in total. The lowest BCUT2D eigenvalue weighted by Crippen LogP contribution is -1.90. The topological polar surface area (TPSA) is 0 Å². The smallest absolute Gasteiger partial charge is 0.0240 e. The minimum absolute atomic E-state index is 0.998. The highest BCUT2D eigenvalue weighted by Gasteiger charge is 2.03. The molecule has 0 amide bonds. The van der Waals surface area contributed by atoms with Gasteiger partial charge in [-0.25, -0.2) is 0 Å². The minimum Gasteiger partial charge on any atom is -0.121 e. The molecule has 0 fully saturated rings. The maximum Gasteiger partial charge on any atom is 0.0240 e. The Balaban J connectivity index is 2.16. The van der Waals surface area contributed by atoms with E-state index in [-0.39, 0.29) is 0 Å². The van der Waals surface area contributed by atoms with E-state index in [1.807, 2.05) is 23.9 Å². The van der Waals surface area contributed by atoms with Gasteiger partial charge in [-0.3, -0.25) is 0 Å². The Kier molecular flexibility index (Phi) is 4.05. The third kappa shape index (κ3) is 3.01. The van der Waals surface area contributed by atoms with E-state index in [1.54, 1.807) is 0 Å². The van der Waals surface area contributed by atoms with Crippen LogP contribution in [0.1, 0.15) is 16.7 Å². The van der Waals surface area contributed by atoms with Crippen LogP contribution in [0.4, 0.5) is 0 Å². The molecule has 2 aromatic rings. The Labute approximate surface area is 107 Å². The van der Waals surface area contributed by atoms with Gasteiger partial charge in [0.1, 0.15) is 0 Å². The molecule has 0 heterocycles. The number of rotatable bonds is 4. The number of hydrogen-bond acceptors (Lipinski definition) is 1. The van der Waals surface area contributed by atoms with Gasteiger partial charge in [-0.05, 0) is 35.7 Å². The molecule has 17 heavy (non-hydrogen) atoms. The van der Waals surface area contributed by atoms with Crippen molar-refractivity contribution in [3.05, 3.63) is 71.8 Å². The Morgan fingerprint density at radius 3 is 2.53 bits per heavy atom. The lowest BCUT2D eigenvalue weighted by Gasteiger charge is -2.09. The van der Waals surface area contributed by atoms with Gasteiger partial charge < -0.3 is 0 Å². The van der Waals surface area contributed by atoms with Crippen LogP contribution in [-0.2, 0) is 5.75 Å². The van der Waals surface area contributed by atoms with Crippen LogP contribution in [0.5, 0.6) is 0 Å². The number of aryl methyl sites for hydroxylation is 1. The second-order valence-electron chi connectivity index (χ2n) is 3.95. The fourth-order valence-electron chi connectivity index (χ4n) is 1.79. The number of thioether (sulfide) groups is 1. The van der Waals surface area contributed by atoms with Gasteiger partial charge in [0.25, 0.3) is 0 Å². The second kappa shape index (κ2) is 5.74. The van der Waals surface area contributed by atoms with Crippen molar-refractivity contribution in [1.29, 1.82) is 0 Å². The summed E-state index contributed by atoms with van der Waals surface area (Å²) in [5.74, 6) is 0.998. The van der Waals surface area contributed by atoms with Crippen molar-refractivity contribution in [2.45, 2.75) is 17.6 Å². The van der Waals surface area contributed by atoms with Crippen molar-refractivity contribution in [1.82, 2.24) is 0 Å². The maximum absolute atomic E-state index is 3.88. The molecule has 0 atom stereocenters. The molecule has 0 unspecified atom stereocenters. The van der Waals surface area contributed by atoms with Crippen LogP contribution in [-0.4, -0.2) is 0 Å². The van der Waals surface area contributed by atoms with E-state index < -0.39 is 0 Å². The SMILES string of the molecule is C=Cc1cccc(C)c1CSc1ccccc1.